The summed E-state index contributed by atoms with van der Waals surface area (Å²) in [5.41, 5.74) is 0.942. The zero-order valence-corrected chi connectivity index (χ0v) is 10.7. The van der Waals surface area contributed by atoms with E-state index >= 15 is 0 Å². The Morgan fingerprint density at radius 1 is 1.47 bits per heavy atom. The number of carbonyl (C=O) groups is 1. The molecule has 2 aromatic rings. The predicted molar refractivity (Wildman–Crippen MR) is 67.5 cm³/mol. The van der Waals surface area contributed by atoms with E-state index in [0.29, 0.717) is 11.5 Å². The number of aryl methyl sites for hydroxylation is 1. The minimum Gasteiger partial charge on any atom is -0.497 e. The molecule has 1 aromatic heterocycles. The standard InChI is InChI=1S/C13H14N2O4/c1-15-7-9(6-14-15)8-19-12-4-3-10(18-2)5-11(12)13(16)17/h3-7H,8H2,1-2H3,(H,16,17). The largest absolute Gasteiger partial charge is 0.497 e. The molecular formula is C13H14N2O4. The lowest BCUT2D eigenvalue weighted by molar-refractivity contribution is 0.0691. The lowest BCUT2D eigenvalue weighted by Gasteiger charge is -2.09. The van der Waals surface area contributed by atoms with Crippen LogP contribution in [0.3, 0.4) is 0 Å². The van der Waals surface area contributed by atoms with E-state index in [-0.39, 0.29) is 12.2 Å². The van der Waals surface area contributed by atoms with Crippen LogP contribution in [0.1, 0.15) is 15.9 Å². The SMILES string of the molecule is COc1ccc(OCc2cnn(C)c2)c(C(=O)O)c1. The molecule has 1 heterocycles. The summed E-state index contributed by atoms with van der Waals surface area (Å²) in [5.74, 6) is -0.275. The zero-order chi connectivity index (χ0) is 13.8. The van der Waals surface area contributed by atoms with E-state index in [1.54, 1.807) is 30.1 Å². The van der Waals surface area contributed by atoms with Gasteiger partial charge in [-0.3, -0.25) is 4.68 Å². The second-order valence-electron chi connectivity index (χ2n) is 3.98. The van der Waals surface area contributed by atoms with Crippen LogP contribution in [0.15, 0.2) is 30.6 Å². The Kier molecular flexibility index (Phi) is 3.70. The first kappa shape index (κ1) is 12.9. The number of nitrogens with zero attached hydrogens (tertiary/aromatic N) is 2. The Morgan fingerprint density at radius 2 is 2.26 bits per heavy atom. The van der Waals surface area contributed by atoms with Crippen LogP contribution in [0.5, 0.6) is 11.5 Å². The summed E-state index contributed by atoms with van der Waals surface area (Å²) in [5, 5.41) is 13.1. The maximum absolute atomic E-state index is 11.2. The number of ether oxygens (including phenoxy) is 2. The molecule has 1 aromatic carbocycles. The van der Waals surface area contributed by atoms with Crippen molar-refractivity contribution in [2.24, 2.45) is 7.05 Å². The molecule has 19 heavy (non-hydrogen) atoms. The van der Waals surface area contributed by atoms with Crippen LogP contribution in [0.4, 0.5) is 0 Å². The van der Waals surface area contributed by atoms with Gasteiger partial charge in [0.2, 0.25) is 0 Å². The molecule has 0 bridgehead atoms. The van der Waals surface area contributed by atoms with Crippen LogP contribution in [-0.2, 0) is 13.7 Å². The van der Waals surface area contributed by atoms with Crippen LogP contribution in [0, 0.1) is 0 Å². The maximum atomic E-state index is 11.2. The van der Waals surface area contributed by atoms with Gasteiger partial charge in [-0.25, -0.2) is 4.79 Å². The van der Waals surface area contributed by atoms with Gasteiger partial charge in [0.1, 0.15) is 23.7 Å². The Labute approximate surface area is 110 Å². The van der Waals surface area contributed by atoms with Crippen molar-refractivity contribution in [1.82, 2.24) is 9.78 Å². The molecule has 0 aliphatic heterocycles. The van der Waals surface area contributed by atoms with Gasteiger partial charge in [-0.1, -0.05) is 0 Å². The highest BCUT2D eigenvalue weighted by Gasteiger charge is 2.13. The summed E-state index contributed by atoms with van der Waals surface area (Å²) in [4.78, 5) is 11.2. The number of methoxy groups -OCH3 is 1. The first-order chi connectivity index (χ1) is 9.10. The minimum absolute atomic E-state index is 0.0724. The molecule has 0 saturated heterocycles. The van der Waals surface area contributed by atoms with Gasteiger partial charge in [0, 0.05) is 18.8 Å². The molecular weight excluding hydrogens is 248 g/mol. The molecule has 6 nitrogen and oxygen atoms in total. The van der Waals surface area contributed by atoms with Gasteiger partial charge in [0.15, 0.2) is 0 Å². The van der Waals surface area contributed by atoms with Crippen LogP contribution < -0.4 is 9.47 Å². The average molecular weight is 262 g/mol. The van der Waals surface area contributed by atoms with E-state index in [1.165, 1.54) is 13.2 Å². The topological polar surface area (TPSA) is 73.6 Å². The second kappa shape index (κ2) is 5.43. The van der Waals surface area contributed by atoms with Crippen molar-refractivity contribution in [1.29, 1.82) is 0 Å². The number of aromatic nitrogens is 2. The van der Waals surface area contributed by atoms with Gasteiger partial charge in [0.05, 0.1) is 13.3 Å². The second-order valence-corrected chi connectivity index (χ2v) is 3.98. The summed E-state index contributed by atoms with van der Waals surface area (Å²) in [7, 11) is 3.29. The van der Waals surface area contributed by atoms with Gasteiger partial charge < -0.3 is 14.6 Å². The third kappa shape index (κ3) is 3.04. The van der Waals surface area contributed by atoms with E-state index in [4.69, 9.17) is 14.6 Å². The number of carboxylic acid groups (broad SMARTS) is 1. The number of hydrogen-bond acceptors (Lipinski definition) is 4. The maximum Gasteiger partial charge on any atom is 0.339 e. The first-order valence-electron chi connectivity index (χ1n) is 5.62. The van der Waals surface area contributed by atoms with Crippen molar-refractivity contribution in [3.63, 3.8) is 0 Å². The van der Waals surface area contributed by atoms with Gasteiger partial charge in [0.25, 0.3) is 0 Å². The molecule has 0 fully saturated rings. The van der Waals surface area contributed by atoms with Crippen molar-refractivity contribution in [2.75, 3.05) is 7.11 Å². The third-order valence-corrected chi connectivity index (χ3v) is 2.57. The fourth-order valence-electron chi connectivity index (χ4n) is 1.64. The lowest BCUT2D eigenvalue weighted by atomic mass is 10.2. The van der Waals surface area contributed by atoms with E-state index in [2.05, 4.69) is 5.10 Å². The average Bonchev–Trinajstić information content (AvgIpc) is 2.82. The van der Waals surface area contributed by atoms with E-state index in [1.807, 2.05) is 6.20 Å². The molecule has 0 saturated carbocycles. The third-order valence-electron chi connectivity index (χ3n) is 2.57. The number of benzene rings is 1. The molecule has 6 heteroatoms. The van der Waals surface area contributed by atoms with Crippen molar-refractivity contribution in [2.45, 2.75) is 6.61 Å². The molecule has 0 radical (unpaired) electrons. The minimum atomic E-state index is -1.06. The molecule has 2 rings (SSSR count). The van der Waals surface area contributed by atoms with E-state index in [0.717, 1.165) is 5.56 Å². The quantitative estimate of drug-likeness (QED) is 0.887. The van der Waals surface area contributed by atoms with Crippen molar-refractivity contribution >= 4 is 5.97 Å². The van der Waals surface area contributed by atoms with Crippen LogP contribution in [0.2, 0.25) is 0 Å². The van der Waals surface area contributed by atoms with Crippen LogP contribution in [0.25, 0.3) is 0 Å². The van der Waals surface area contributed by atoms with Crippen LogP contribution >= 0.6 is 0 Å². The molecule has 100 valence electrons. The summed E-state index contributed by atoms with van der Waals surface area (Å²) in [6.45, 7) is 0.264. The normalized spacial score (nSPS) is 10.2. The summed E-state index contributed by atoms with van der Waals surface area (Å²) in [6.07, 6.45) is 3.48. The number of aromatic carboxylic acids is 1. The number of hydrogen-bond donors (Lipinski definition) is 1. The van der Waals surface area contributed by atoms with Gasteiger partial charge >= 0.3 is 5.97 Å². The molecule has 0 spiro atoms. The van der Waals surface area contributed by atoms with Gasteiger partial charge in [-0.2, -0.15) is 5.10 Å². The molecule has 0 aliphatic carbocycles. The monoisotopic (exact) mass is 262 g/mol. The number of rotatable bonds is 5. The van der Waals surface area contributed by atoms with Gasteiger partial charge in [-0.15, -0.1) is 0 Å². The van der Waals surface area contributed by atoms with Crippen LogP contribution in [-0.4, -0.2) is 28.0 Å². The van der Waals surface area contributed by atoms with Crippen molar-refractivity contribution in [3.05, 3.63) is 41.7 Å². The first-order valence-corrected chi connectivity index (χ1v) is 5.62. The van der Waals surface area contributed by atoms with E-state index in [9.17, 15) is 4.79 Å². The highest BCUT2D eigenvalue weighted by Crippen LogP contribution is 2.25. The number of carboxylic acids is 1. The predicted octanol–water partition coefficient (Wildman–Crippen LogP) is 1.71. The Hall–Kier alpha value is -2.50. The van der Waals surface area contributed by atoms with Crippen molar-refractivity contribution < 1.29 is 19.4 Å². The fraction of sp³-hybridized carbons (Fsp3) is 0.231. The smallest absolute Gasteiger partial charge is 0.339 e. The molecule has 0 aliphatic rings. The molecule has 1 N–H and O–H groups in total. The molecule has 0 amide bonds. The highest BCUT2D eigenvalue weighted by molar-refractivity contribution is 5.91. The summed E-state index contributed by atoms with van der Waals surface area (Å²) >= 11 is 0. The summed E-state index contributed by atoms with van der Waals surface area (Å²) in [6, 6.07) is 4.67. The molecule has 0 atom stereocenters. The van der Waals surface area contributed by atoms with Crippen molar-refractivity contribution in [3.8, 4) is 11.5 Å². The summed E-state index contributed by atoms with van der Waals surface area (Å²) < 4.78 is 12.2. The fourth-order valence-corrected chi connectivity index (χ4v) is 1.64. The zero-order valence-electron chi connectivity index (χ0n) is 10.7. The highest BCUT2D eigenvalue weighted by atomic mass is 16.5. The Bertz CT molecular complexity index is 592. The Morgan fingerprint density at radius 3 is 2.84 bits per heavy atom. The lowest BCUT2D eigenvalue weighted by Crippen LogP contribution is -2.03. The van der Waals surface area contributed by atoms with E-state index < -0.39 is 5.97 Å². The molecule has 0 unspecified atom stereocenters. The van der Waals surface area contributed by atoms with Gasteiger partial charge in [-0.05, 0) is 18.2 Å². The Balaban J connectivity index is 2.17.